The largest absolute Gasteiger partial charge is 0.493 e. The Balaban J connectivity index is 0.000000451. The highest BCUT2D eigenvalue weighted by atomic mass is 19.4. The molecule has 170 valence electrons. The number of carbonyl (C=O) groups excluding carboxylic acids is 1. The summed E-state index contributed by atoms with van der Waals surface area (Å²) in [5, 5.41) is 10.6. The molecule has 0 saturated heterocycles. The van der Waals surface area contributed by atoms with Crippen LogP contribution < -0.4 is 15.6 Å². The number of halogens is 3. The summed E-state index contributed by atoms with van der Waals surface area (Å²) < 4.78 is 39.0. The van der Waals surface area contributed by atoms with Gasteiger partial charge < -0.3 is 14.4 Å². The van der Waals surface area contributed by atoms with Crippen LogP contribution in [0.1, 0.15) is 12.8 Å². The number of carboxylic acids is 1. The number of rotatable bonds is 6. The summed E-state index contributed by atoms with van der Waals surface area (Å²) in [7, 11) is 1.73. The van der Waals surface area contributed by atoms with E-state index >= 15 is 0 Å². The zero-order chi connectivity index (χ0) is 23.7. The minimum absolute atomic E-state index is 0.132. The fourth-order valence-corrected chi connectivity index (χ4v) is 2.47. The molecule has 9 nitrogen and oxygen atoms in total. The lowest BCUT2D eigenvalue weighted by Gasteiger charge is -2.11. The summed E-state index contributed by atoms with van der Waals surface area (Å²) in [6.45, 7) is 0.334. The van der Waals surface area contributed by atoms with Crippen LogP contribution in [-0.4, -0.2) is 44.3 Å². The van der Waals surface area contributed by atoms with Crippen LogP contribution in [0.4, 0.5) is 19.1 Å². The number of hydrogen-bond acceptors (Lipinski definition) is 6. The van der Waals surface area contributed by atoms with Crippen LogP contribution in [0.15, 0.2) is 53.6 Å². The van der Waals surface area contributed by atoms with E-state index in [4.69, 9.17) is 14.6 Å². The predicted molar refractivity (Wildman–Crippen MR) is 108 cm³/mol. The molecule has 0 aliphatic heterocycles. The minimum Gasteiger partial charge on any atom is -0.493 e. The molecule has 3 aromatic rings. The van der Waals surface area contributed by atoms with Gasteiger partial charge in [0.25, 0.3) is 5.56 Å². The number of nitrogens with one attached hydrogen (secondary N) is 1. The van der Waals surface area contributed by atoms with E-state index in [-0.39, 0.29) is 23.8 Å². The maximum absolute atomic E-state index is 12.0. The lowest BCUT2D eigenvalue weighted by Crippen LogP contribution is -2.21. The second-order valence-electron chi connectivity index (χ2n) is 6.30. The molecule has 3 rings (SSSR count). The summed E-state index contributed by atoms with van der Waals surface area (Å²) >= 11 is 0. The monoisotopic (exact) mass is 452 g/mol. The van der Waals surface area contributed by atoms with Crippen molar-refractivity contribution >= 4 is 28.7 Å². The molecule has 2 heterocycles. The Morgan fingerprint density at radius 2 is 1.78 bits per heavy atom. The molecule has 1 amide bonds. The number of anilines is 1. The van der Waals surface area contributed by atoms with Gasteiger partial charge in [-0.2, -0.15) is 13.2 Å². The van der Waals surface area contributed by atoms with Crippen molar-refractivity contribution in [3.8, 4) is 5.75 Å². The van der Waals surface area contributed by atoms with Crippen molar-refractivity contribution in [2.45, 2.75) is 19.0 Å². The first kappa shape index (κ1) is 24.3. The summed E-state index contributed by atoms with van der Waals surface area (Å²) in [4.78, 5) is 40.6. The maximum Gasteiger partial charge on any atom is 0.490 e. The van der Waals surface area contributed by atoms with Crippen LogP contribution >= 0.6 is 0 Å². The number of para-hydroxylation sites is 1. The van der Waals surface area contributed by atoms with Gasteiger partial charge in [-0.3, -0.25) is 14.9 Å². The fourth-order valence-electron chi connectivity index (χ4n) is 2.47. The number of alkyl halides is 3. The van der Waals surface area contributed by atoms with Gasteiger partial charge in [0.2, 0.25) is 11.9 Å². The van der Waals surface area contributed by atoms with E-state index in [1.165, 1.54) is 6.07 Å². The van der Waals surface area contributed by atoms with E-state index in [1.54, 1.807) is 30.1 Å². The van der Waals surface area contributed by atoms with Crippen LogP contribution in [0.25, 0.3) is 10.9 Å². The first-order chi connectivity index (χ1) is 15.1. The molecule has 0 bridgehead atoms. The van der Waals surface area contributed by atoms with Gasteiger partial charge in [-0.05, 0) is 24.6 Å². The van der Waals surface area contributed by atoms with E-state index in [2.05, 4.69) is 15.3 Å². The molecule has 0 saturated carbocycles. The van der Waals surface area contributed by atoms with Crippen molar-refractivity contribution < 1.29 is 32.6 Å². The van der Waals surface area contributed by atoms with Crippen molar-refractivity contribution in [1.29, 1.82) is 0 Å². The predicted octanol–water partition coefficient (Wildman–Crippen LogP) is 2.76. The zero-order valence-electron chi connectivity index (χ0n) is 16.8. The molecule has 0 spiro atoms. The van der Waals surface area contributed by atoms with Gasteiger partial charge >= 0.3 is 12.1 Å². The fraction of sp³-hybridized carbons (Fsp3) is 0.250. The second-order valence-corrected chi connectivity index (χ2v) is 6.30. The van der Waals surface area contributed by atoms with Crippen LogP contribution in [0.2, 0.25) is 0 Å². The van der Waals surface area contributed by atoms with Gasteiger partial charge in [0, 0.05) is 37.3 Å². The minimum atomic E-state index is -5.08. The molecule has 0 aliphatic carbocycles. The Morgan fingerprint density at radius 1 is 1.16 bits per heavy atom. The number of pyridine rings is 1. The third-order valence-electron chi connectivity index (χ3n) is 3.98. The van der Waals surface area contributed by atoms with Crippen LogP contribution in [-0.2, 0) is 16.6 Å². The number of amides is 1. The van der Waals surface area contributed by atoms with Gasteiger partial charge in [0.15, 0.2) is 0 Å². The average molecular weight is 452 g/mol. The summed E-state index contributed by atoms with van der Waals surface area (Å²) in [5.41, 5.74) is 0.677. The Kier molecular flexibility index (Phi) is 8.27. The highest BCUT2D eigenvalue weighted by Crippen LogP contribution is 2.23. The Labute approximate surface area is 179 Å². The molecule has 12 heteroatoms. The number of ether oxygens (including phenoxy) is 1. The quantitative estimate of drug-likeness (QED) is 0.551. The van der Waals surface area contributed by atoms with Gasteiger partial charge in [-0.1, -0.05) is 12.1 Å². The van der Waals surface area contributed by atoms with Crippen molar-refractivity contribution in [2.24, 2.45) is 7.05 Å². The molecule has 0 fully saturated rings. The number of aliphatic carboxylic acids is 1. The van der Waals surface area contributed by atoms with Gasteiger partial charge in [0.1, 0.15) is 5.75 Å². The van der Waals surface area contributed by atoms with Gasteiger partial charge in [0.05, 0.1) is 12.1 Å². The van der Waals surface area contributed by atoms with Gasteiger partial charge in [-0.25, -0.2) is 14.8 Å². The topological polar surface area (TPSA) is 123 Å². The number of fused-ring (bicyclic) bond motifs is 1. The van der Waals surface area contributed by atoms with Crippen LogP contribution in [0.3, 0.4) is 0 Å². The summed E-state index contributed by atoms with van der Waals surface area (Å²) in [6.07, 6.45) is -1.16. The third kappa shape index (κ3) is 7.07. The van der Waals surface area contributed by atoms with E-state index in [1.807, 2.05) is 24.3 Å². The molecule has 0 radical (unpaired) electrons. The number of aromatic nitrogens is 3. The highest BCUT2D eigenvalue weighted by molar-refractivity contribution is 5.88. The van der Waals surface area contributed by atoms with Crippen LogP contribution in [0, 0.1) is 0 Å². The van der Waals surface area contributed by atoms with E-state index in [0.717, 1.165) is 10.9 Å². The Hall–Kier alpha value is -3.96. The molecule has 2 aromatic heterocycles. The molecule has 1 aromatic carbocycles. The third-order valence-corrected chi connectivity index (χ3v) is 3.98. The first-order valence-electron chi connectivity index (χ1n) is 9.18. The molecular weight excluding hydrogens is 433 g/mol. The highest BCUT2D eigenvalue weighted by Gasteiger charge is 2.38. The summed E-state index contributed by atoms with van der Waals surface area (Å²) in [5.74, 6) is -2.12. The standard InChI is InChI=1S/C18H18N4O3.C2HF3O2/c1-22-14-7-3-2-6-13(14)15(12-17(22)24)25-11-4-8-16(23)21-18-19-9-5-10-20-18;3-2(4,5)1(6)7/h2-3,5-7,9-10,12H,4,8,11H2,1H3,(H,19,20,21,23);(H,6,7). The number of carboxylic acid groups (broad SMARTS) is 1. The Bertz CT molecular complexity index is 1130. The molecule has 32 heavy (non-hydrogen) atoms. The summed E-state index contributed by atoms with van der Waals surface area (Å²) in [6, 6.07) is 10.7. The van der Waals surface area contributed by atoms with Crippen LogP contribution in [0.5, 0.6) is 5.75 Å². The maximum atomic E-state index is 12.0. The number of carbonyl (C=O) groups is 2. The number of nitrogens with zero attached hydrogens (tertiary/aromatic N) is 3. The van der Waals surface area contributed by atoms with Crippen molar-refractivity contribution in [1.82, 2.24) is 14.5 Å². The lowest BCUT2D eigenvalue weighted by molar-refractivity contribution is -0.192. The zero-order valence-corrected chi connectivity index (χ0v) is 16.8. The normalized spacial score (nSPS) is 10.8. The molecular formula is C20H19F3N4O5. The SMILES string of the molecule is Cn1c(=O)cc(OCCCC(=O)Nc2ncccn2)c2ccccc21.O=C(O)C(F)(F)F. The lowest BCUT2D eigenvalue weighted by atomic mass is 10.2. The average Bonchev–Trinajstić information content (AvgIpc) is 2.75. The van der Waals surface area contributed by atoms with Gasteiger partial charge in [-0.15, -0.1) is 0 Å². The van der Waals surface area contributed by atoms with Crippen molar-refractivity contribution in [2.75, 3.05) is 11.9 Å². The Morgan fingerprint density at radius 3 is 2.41 bits per heavy atom. The van der Waals surface area contributed by atoms with Crippen molar-refractivity contribution in [3.63, 3.8) is 0 Å². The van der Waals surface area contributed by atoms with E-state index in [9.17, 15) is 22.8 Å². The van der Waals surface area contributed by atoms with Crippen molar-refractivity contribution in [3.05, 3.63) is 59.1 Å². The molecule has 0 atom stereocenters. The van der Waals surface area contributed by atoms with E-state index in [0.29, 0.717) is 18.8 Å². The van der Waals surface area contributed by atoms with E-state index < -0.39 is 12.1 Å². The first-order valence-corrected chi connectivity index (χ1v) is 9.18. The number of hydrogen-bond donors (Lipinski definition) is 2. The smallest absolute Gasteiger partial charge is 0.490 e. The molecule has 2 N–H and O–H groups in total. The second kappa shape index (κ2) is 10.9. The molecule has 0 unspecified atom stereocenters. The molecule has 0 aliphatic rings. The number of benzene rings is 1. The number of aryl methyl sites for hydroxylation is 1.